The Morgan fingerprint density at radius 1 is 1.29 bits per heavy atom. The number of carbonyl (C=O) groups excluding carboxylic acids is 1. The monoisotopic (exact) mass is 262 g/mol. The summed E-state index contributed by atoms with van der Waals surface area (Å²) < 4.78 is 26.8. The van der Waals surface area contributed by atoms with E-state index in [4.69, 9.17) is 15.5 Å². The number of esters is 1. The van der Waals surface area contributed by atoms with Crippen molar-refractivity contribution in [2.24, 2.45) is 0 Å². The Labute approximate surface area is 102 Å². The van der Waals surface area contributed by atoms with Gasteiger partial charge in [0, 0.05) is 6.42 Å². The van der Waals surface area contributed by atoms with E-state index in [1.165, 1.54) is 0 Å². The molecule has 0 spiro atoms. The normalized spacial score (nSPS) is 10.9. The molecule has 98 valence electrons. The Morgan fingerprint density at radius 2 is 1.88 bits per heavy atom. The second-order valence-corrected chi connectivity index (χ2v) is 5.32. The fourth-order valence-corrected chi connectivity index (χ4v) is 2.84. The van der Waals surface area contributed by atoms with Crippen molar-refractivity contribution in [3.05, 3.63) is 0 Å². The van der Waals surface area contributed by atoms with Gasteiger partial charge < -0.3 is 13.8 Å². The molecule has 0 aromatic heterocycles. The third kappa shape index (κ3) is 7.98. The molecule has 0 aliphatic carbocycles. The summed E-state index contributed by atoms with van der Waals surface area (Å²) in [6, 6.07) is 0. The van der Waals surface area contributed by atoms with Gasteiger partial charge in [-0.25, -0.2) is 0 Å². The molecule has 0 saturated heterocycles. The molecule has 0 fully saturated rings. The zero-order valence-electron chi connectivity index (χ0n) is 10.3. The van der Waals surface area contributed by atoms with Crippen molar-refractivity contribution in [1.82, 2.24) is 0 Å². The van der Waals surface area contributed by atoms with Gasteiger partial charge in [-0.2, -0.15) is 0 Å². The summed E-state index contributed by atoms with van der Waals surface area (Å²) in [5.74, 6) is 1.80. The molecule has 0 rings (SSSR count). The van der Waals surface area contributed by atoms with Gasteiger partial charge in [-0.1, -0.05) is 5.92 Å². The molecule has 0 aliphatic heterocycles. The lowest BCUT2D eigenvalue weighted by Gasteiger charge is -2.16. The number of carbonyl (C=O) groups is 1. The van der Waals surface area contributed by atoms with Crippen LogP contribution in [-0.4, -0.2) is 32.0 Å². The lowest BCUT2D eigenvalue weighted by molar-refractivity contribution is -0.142. The topological polar surface area (TPSA) is 61.8 Å². The molecular weight excluding hydrogens is 243 g/mol. The molecule has 0 aromatic rings. The van der Waals surface area contributed by atoms with E-state index in [0.717, 1.165) is 0 Å². The first-order valence-electron chi connectivity index (χ1n) is 5.55. The summed E-state index contributed by atoms with van der Waals surface area (Å²) >= 11 is 0. The predicted molar refractivity (Wildman–Crippen MR) is 64.8 cm³/mol. The minimum absolute atomic E-state index is 0.0343. The third-order valence-electron chi connectivity index (χ3n) is 1.78. The van der Waals surface area contributed by atoms with Gasteiger partial charge in [-0.3, -0.25) is 9.36 Å². The van der Waals surface area contributed by atoms with Gasteiger partial charge in [0.1, 0.15) is 0 Å². The molecule has 0 radical (unpaired) electrons. The summed E-state index contributed by atoms with van der Waals surface area (Å²) in [6.45, 7) is 4.09. The van der Waals surface area contributed by atoms with E-state index < -0.39 is 13.6 Å². The average Bonchev–Trinajstić information content (AvgIpc) is 2.27. The number of rotatable bonds is 9. The van der Waals surface area contributed by atoms with Crippen LogP contribution in [-0.2, 0) is 23.1 Å². The predicted octanol–water partition coefficient (Wildman–Crippen LogP) is 2.21. The van der Waals surface area contributed by atoms with Crippen LogP contribution in [0.1, 0.15) is 26.7 Å². The fourth-order valence-electron chi connectivity index (χ4n) is 1.17. The highest BCUT2D eigenvalue weighted by atomic mass is 31.2. The van der Waals surface area contributed by atoms with Gasteiger partial charge >= 0.3 is 13.6 Å². The van der Waals surface area contributed by atoms with Crippen LogP contribution in [0.5, 0.6) is 0 Å². The molecule has 5 nitrogen and oxygen atoms in total. The van der Waals surface area contributed by atoms with Crippen LogP contribution >= 0.6 is 7.60 Å². The maximum Gasteiger partial charge on any atom is 0.330 e. The molecule has 0 atom stereocenters. The van der Waals surface area contributed by atoms with Crippen LogP contribution in [0.3, 0.4) is 0 Å². The van der Waals surface area contributed by atoms with Crippen molar-refractivity contribution in [3.63, 3.8) is 0 Å². The van der Waals surface area contributed by atoms with Crippen LogP contribution in [0.25, 0.3) is 0 Å². The van der Waals surface area contributed by atoms with Gasteiger partial charge in [0.25, 0.3) is 0 Å². The van der Waals surface area contributed by atoms with E-state index in [0.29, 0.717) is 19.6 Å². The van der Waals surface area contributed by atoms with Gasteiger partial charge in [0.05, 0.1) is 19.4 Å². The average molecular weight is 262 g/mol. The largest absolute Gasteiger partial charge is 0.452 e. The highest BCUT2D eigenvalue weighted by Gasteiger charge is 2.23. The molecular formula is C11H19O5P. The number of terminal acetylenes is 1. The first-order valence-corrected chi connectivity index (χ1v) is 7.28. The Hall–Kier alpha value is -0.820. The first kappa shape index (κ1) is 16.2. The van der Waals surface area contributed by atoms with E-state index in [-0.39, 0.29) is 19.2 Å². The van der Waals surface area contributed by atoms with E-state index in [1.807, 2.05) is 0 Å². The number of ether oxygens (including phenoxy) is 1. The SMILES string of the molecule is C#CCOC(=O)CCCP(=O)(OCC)OCC. The maximum absolute atomic E-state index is 12.0. The Morgan fingerprint density at radius 3 is 2.35 bits per heavy atom. The Balaban J connectivity index is 3.94. The second-order valence-electron chi connectivity index (χ2n) is 3.14. The van der Waals surface area contributed by atoms with E-state index in [2.05, 4.69) is 10.7 Å². The van der Waals surface area contributed by atoms with Crippen molar-refractivity contribution in [2.75, 3.05) is 26.0 Å². The van der Waals surface area contributed by atoms with Crippen molar-refractivity contribution in [1.29, 1.82) is 0 Å². The van der Waals surface area contributed by atoms with Crippen LogP contribution in [0.15, 0.2) is 0 Å². The molecule has 0 N–H and O–H groups in total. The zero-order valence-corrected chi connectivity index (χ0v) is 11.2. The summed E-state index contributed by atoms with van der Waals surface area (Å²) in [5.41, 5.74) is 0. The van der Waals surface area contributed by atoms with Crippen molar-refractivity contribution in [3.8, 4) is 12.3 Å². The summed E-state index contributed by atoms with van der Waals surface area (Å²) in [6.07, 6.45) is 5.70. The molecule has 6 heteroatoms. The minimum atomic E-state index is -3.05. The lowest BCUT2D eigenvalue weighted by atomic mass is 10.3. The summed E-state index contributed by atoms with van der Waals surface area (Å²) in [5, 5.41) is 0. The summed E-state index contributed by atoms with van der Waals surface area (Å²) in [4.78, 5) is 11.1. The zero-order chi connectivity index (χ0) is 13.1. The molecule has 0 saturated carbocycles. The van der Waals surface area contributed by atoms with Gasteiger partial charge in [-0.15, -0.1) is 6.42 Å². The second kappa shape index (κ2) is 9.23. The number of hydrogen-bond acceptors (Lipinski definition) is 5. The molecule has 0 amide bonds. The van der Waals surface area contributed by atoms with E-state index >= 15 is 0 Å². The van der Waals surface area contributed by atoms with Crippen molar-refractivity contribution >= 4 is 13.6 Å². The Bertz CT molecular complexity index is 297. The van der Waals surface area contributed by atoms with Crippen LogP contribution in [0.4, 0.5) is 0 Å². The van der Waals surface area contributed by atoms with Gasteiger partial charge in [0.2, 0.25) is 0 Å². The lowest BCUT2D eigenvalue weighted by Crippen LogP contribution is -2.07. The van der Waals surface area contributed by atoms with Gasteiger partial charge in [-0.05, 0) is 20.3 Å². The molecule has 0 aromatic carbocycles. The number of hydrogen-bond donors (Lipinski definition) is 0. The van der Waals surface area contributed by atoms with Crippen LogP contribution < -0.4 is 0 Å². The van der Waals surface area contributed by atoms with E-state index in [9.17, 15) is 9.36 Å². The molecule has 0 heterocycles. The maximum atomic E-state index is 12.0. The smallest absolute Gasteiger partial charge is 0.330 e. The van der Waals surface area contributed by atoms with E-state index in [1.54, 1.807) is 13.8 Å². The first-order chi connectivity index (χ1) is 8.08. The standard InChI is InChI=1S/C11H19O5P/c1-4-9-14-11(12)8-7-10-17(13,15-5-2)16-6-3/h1H,5-10H2,2-3H3. The molecule has 17 heavy (non-hydrogen) atoms. The van der Waals surface area contributed by atoms with Crippen LogP contribution in [0, 0.1) is 12.3 Å². The highest BCUT2D eigenvalue weighted by Crippen LogP contribution is 2.48. The fraction of sp³-hybridized carbons (Fsp3) is 0.727. The molecule has 0 unspecified atom stereocenters. The summed E-state index contributed by atoms with van der Waals surface area (Å²) in [7, 11) is -3.05. The third-order valence-corrected chi connectivity index (χ3v) is 3.95. The molecule has 0 aliphatic rings. The van der Waals surface area contributed by atoms with Gasteiger partial charge in [0.15, 0.2) is 6.61 Å². The minimum Gasteiger partial charge on any atom is -0.452 e. The molecule has 0 bridgehead atoms. The van der Waals surface area contributed by atoms with Crippen LogP contribution in [0.2, 0.25) is 0 Å². The highest BCUT2D eigenvalue weighted by molar-refractivity contribution is 7.53. The van der Waals surface area contributed by atoms with Crippen molar-refractivity contribution in [2.45, 2.75) is 26.7 Å². The van der Waals surface area contributed by atoms with Crippen molar-refractivity contribution < 1.29 is 23.1 Å². The Kier molecular flexibility index (Phi) is 8.79. The quantitative estimate of drug-likeness (QED) is 0.362.